The smallest absolute Gasteiger partial charge is 0.413 e. The summed E-state index contributed by atoms with van der Waals surface area (Å²) in [5, 5.41) is 23.0. The number of H-pyrrole nitrogens is 1. The molecule has 13 nitrogen and oxygen atoms in total. The molecule has 5 atom stereocenters. The third-order valence-corrected chi connectivity index (χ3v) is 6.81. The summed E-state index contributed by atoms with van der Waals surface area (Å²) in [6, 6.07) is 7.38. The molecule has 36 heavy (non-hydrogen) atoms. The van der Waals surface area contributed by atoms with Crippen LogP contribution in [0.2, 0.25) is 0 Å². The molecule has 0 spiro atoms. The van der Waals surface area contributed by atoms with Gasteiger partial charge in [0.05, 0.1) is 32.0 Å². The molecule has 0 saturated carbocycles. The summed E-state index contributed by atoms with van der Waals surface area (Å²) in [4.78, 5) is 26.0. The van der Waals surface area contributed by atoms with Crippen LogP contribution in [0.1, 0.15) is 32.7 Å². The molecule has 200 valence electrons. The van der Waals surface area contributed by atoms with Crippen LogP contribution in [-0.4, -0.2) is 63.6 Å². The molecular weight excluding hydrogens is 497 g/mol. The fourth-order valence-corrected chi connectivity index (χ4v) is 4.82. The highest BCUT2D eigenvalue weighted by molar-refractivity contribution is 7.52. The summed E-state index contributed by atoms with van der Waals surface area (Å²) in [5.74, 6) is 0.231. The molecule has 4 unspecified atom stereocenters. The van der Waals surface area contributed by atoms with E-state index in [1.807, 2.05) is 0 Å². The number of benzene rings is 1. The number of ether oxygens (including phenoxy) is 3. The highest BCUT2D eigenvalue weighted by Gasteiger charge is 2.45. The van der Waals surface area contributed by atoms with E-state index in [1.165, 1.54) is 20.0 Å². The van der Waals surface area contributed by atoms with E-state index in [4.69, 9.17) is 23.3 Å². The molecule has 4 N–H and O–H groups in total. The average Bonchev–Trinajstić information content (AvgIpc) is 3.25. The maximum atomic E-state index is 13.7. The predicted octanol–water partition coefficient (Wildman–Crippen LogP) is 1.00. The van der Waals surface area contributed by atoms with Gasteiger partial charge in [-0.3, -0.25) is 14.3 Å². The first-order valence-corrected chi connectivity index (χ1v) is 12.8. The SMILES string of the molecule is Cc1cn(C2OC[C@](CO)(COP(=O)(NC(C)C(O)OC(C)C)Oc3ccccc3)O2)c(=O)[nH]c1=O. The second-order valence-corrected chi connectivity index (χ2v) is 10.4. The summed E-state index contributed by atoms with van der Waals surface area (Å²) in [7, 11) is -4.17. The maximum Gasteiger partial charge on any atom is 0.459 e. The molecule has 1 aromatic carbocycles. The lowest BCUT2D eigenvalue weighted by atomic mass is 10.1. The van der Waals surface area contributed by atoms with Crippen LogP contribution in [0.4, 0.5) is 0 Å². The Morgan fingerprint density at radius 3 is 2.61 bits per heavy atom. The van der Waals surface area contributed by atoms with E-state index >= 15 is 0 Å². The van der Waals surface area contributed by atoms with Crippen LogP contribution in [0.3, 0.4) is 0 Å². The Balaban J connectivity index is 1.78. The third kappa shape index (κ3) is 7.11. The standard InChI is InChI=1S/C22H32N3O10P/c1-14(2)33-19(28)16(4)24-36(30,35-17-8-6-5-7-9-17)32-13-22(11-26)12-31-21(34-22)25-10-15(3)18(27)23-20(25)29/h5-10,14,16,19,21,26,28H,11-13H2,1-4H3,(H,24,30)(H,23,27,29)/t16?,19?,21?,22-,36?/m1/s1. The number of aliphatic hydroxyl groups excluding tert-OH is 2. The molecule has 2 heterocycles. The minimum Gasteiger partial charge on any atom is -0.413 e. The molecule has 0 bridgehead atoms. The maximum absolute atomic E-state index is 13.7. The largest absolute Gasteiger partial charge is 0.459 e. The van der Waals surface area contributed by atoms with Crippen LogP contribution in [0.25, 0.3) is 0 Å². The van der Waals surface area contributed by atoms with Crippen molar-refractivity contribution in [3.8, 4) is 5.75 Å². The van der Waals surface area contributed by atoms with Crippen molar-refractivity contribution in [1.29, 1.82) is 0 Å². The van der Waals surface area contributed by atoms with Gasteiger partial charge in [0.25, 0.3) is 5.56 Å². The van der Waals surface area contributed by atoms with Gasteiger partial charge in [-0.15, -0.1) is 0 Å². The molecule has 1 fully saturated rings. The van der Waals surface area contributed by atoms with Gasteiger partial charge in [-0.2, -0.15) is 0 Å². The van der Waals surface area contributed by atoms with Crippen molar-refractivity contribution in [1.82, 2.24) is 14.6 Å². The van der Waals surface area contributed by atoms with Crippen LogP contribution in [0.5, 0.6) is 5.75 Å². The Hall–Kier alpha value is -2.35. The molecule has 2 aromatic rings. The van der Waals surface area contributed by atoms with E-state index in [-0.39, 0.29) is 24.0 Å². The molecular formula is C22H32N3O10P. The molecule has 1 aliphatic rings. The van der Waals surface area contributed by atoms with Crippen LogP contribution in [0, 0.1) is 6.92 Å². The number of nitrogens with zero attached hydrogens (tertiary/aromatic N) is 1. The van der Waals surface area contributed by atoms with Crippen molar-refractivity contribution in [2.75, 3.05) is 19.8 Å². The number of para-hydroxylation sites is 1. The first-order chi connectivity index (χ1) is 17.0. The highest BCUT2D eigenvalue weighted by atomic mass is 31.2. The first kappa shape index (κ1) is 28.2. The van der Waals surface area contributed by atoms with E-state index in [1.54, 1.807) is 44.2 Å². The molecule has 3 rings (SSSR count). The predicted molar refractivity (Wildman–Crippen MR) is 127 cm³/mol. The zero-order chi connectivity index (χ0) is 26.5. The number of aromatic amines is 1. The number of rotatable bonds is 12. The molecule has 1 aromatic heterocycles. The molecule has 14 heteroatoms. The Morgan fingerprint density at radius 2 is 1.97 bits per heavy atom. The van der Waals surface area contributed by atoms with Crippen molar-refractivity contribution in [3.63, 3.8) is 0 Å². The molecule has 0 amide bonds. The van der Waals surface area contributed by atoms with Crippen LogP contribution in [-0.2, 0) is 23.3 Å². The van der Waals surface area contributed by atoms with E-state index in [0.29, 0.717) is 0 Å². The number of aromatic nitrogens is 2. The summed E-state index contributed by atoms with van der Waals surface area (Å²) in [6.07, 6.45) is -1.62. The number of aliphatic hydroxyl groups is 2. The highest BCUT2D eigenvalue weighted by Crippen LogP contribution is 2.46. The monoisotopic (exact) mass is 529 g/mol. The fraction of sp³-hybridized carbons (Fsp3) is 0.545. The zero-order valence-corrected chi connectivity index (χ0v) is 21.3. The normalized spacial score (nSPS) is 23.4. The topological polar surface area (TPSA) is 171 Å². The van der Waals surface area contributed by atoms with Crippen LogP contribution >= 0.6 is 7.75 Å². The summed E-state index contributed by atoms with van der Waals surface area (Å²) in [5.41, 5.74) is -2.57. The Labute approximate surface area is 207 Å². The van der Waals surface area contributed by atoms with Gasteiger partial charge >= 0.3 is 13.4 Å². The zero-order valence-electron chi connectivity index (χ0n) is 20.4. The van der Waals surface area contributed by atoms with Crippen molar-refractivity contribution in [2.45, 2.75) is 58.1 Å². The second kappa shape index (κ2) is 11.8. The van der Waals surface area contributed by atoms with Gasteiger partial charge in [-0.1, -0.05) is 18.2 Å². The minimum absolute atomic E-state index is 0.223. The summed E-state index contributed by atoms with van der Waals surface area (Å²) < 4.78 is 42.6. The van der Waals surface area contributed by atoms with Gasteiger partial charge in [-0.25, -0.2) is 19.0 Å². The van der Waals surface area contributed by atoms with Gasteiger partial charge in [-0.05, 0) is 39.8 Å². The Morgan fingerprint density at radius 1 is 1.28 bits per heavy atom. The van der Waals surface area contributed by atoms with Crippen molar-refractivity contribution >= 4 is 7.75 Å². The van der Waals surface area contributed by atoms with Gasteiger partial charge in [0.1, 0.15) is 11.4 Å². The van der Waals surface area contributed by atoms with E-state index in [2.05, 4.69) is 10.1 Å². The molecule has 1 saturated heterocycles. The lowest BCUT2D eigenvalue weighted by Gasteiger charge is -2.30. The number of hydrogen-bond donors (Lipinski definition) is 4. The number of hydrogen-bond acceptors (Lipinski definition) is 10. The fourth-order valence-electron chi connectivity index (χ4n) is 3.21. The second-order valence-electron chi connectivity index (χ2n) is 8.72. The number of aryl methyl sites for hydroxylation is 1. The third-order valence-electron chi connectivity index (χ3n) is 5.17. The average molecular weight is 529 g/mol. The molecule has 0 aliphatic carbocycles. The summed E-state index contributed by atoms with van der Waals surface area (Å²) >= 11 is 0. The lowest BCUT2D eigenvalue weighted by molar-refractivity contribution is -0.160. The summed E-state index contributed by atoms with van der Waals surface area (Å²) in [6.45, 7) is 5.21. The van der Waals surface area contributed by atoms with E-state index in [0.717, 1.165) is 4.57 Å². The first-order valence-electron chi connectivity index (χ1n) is 11.3. The van der Waals surface area contributed by atoms with E-state index < -0.39 is 56.6 Å². The van der Waals surface area contributed by atoms with Crippen LogP contribution < -0.4 is 20.9 Å². The van der Waals surface area contributed by atoms with E-state index in [9.17, 15) is 24.4 Å². The number of nitrogens with one attached hydrogen (secondary N) is 2. The van der Waals surface area contributed by atoms with Gasteiger partial charge < -0.3 is 28.9 Å². The van der Waals surface area contributed by atoms with Crippen LogP contribution in [0.15, 0.2) is 46.1 Å². The lowest BCUT2D eigenvalue weighted by Crippen LogP contribution is -2.44. The molecule has 1 aliphatic heterocycles. The van der Waals surface area contributed by atoms with Crippen molar-refractivity contribution in [2.24, 2.45) is 0 Å². The Bertz CT molecular complexity index is 1170. The molecule has 0 radical (unpaired) electrons. The van der Waals surface area contributed by atoms with Crippen molar-refractivity contribution < 1.29 is 38.0 Å². The quantitative estimate of drug-likeness (QED) is 0.228. The van der Waals surface area contributed by atoms with Gasteiger partial charge in [0, 0.05) is 11.8 Å². The minimum atomic E-state index is -4.17. The van der Waals surface area contributed by atoms with Crippen molar-refractivity contribution in [3.05, 3.63) is 62.9 Å². The Kier molecular flexibility index (Phi) is 9.25. The van der Waals surface area contributed by atoms with Gasteiger partial charge in [0.2, 0.25) is 6.41 Å². The van der Waals surface area contributed by atoms with Gasteiger partial charge in [0.15, 0.2) is 6.29 Å².